The van der Waals surface area contributed by atoms with E-state index in [2.05, 4.69) is 25.0 Å². The number of H-pyrrole nitrogens is 1. The number of aryl methyl sites for hydroxylation is 2. The van der Waals surface area contributed by atoms with Crippen molar-refractivity contribution in [3.8, 4) is 11.3 Å². The number of nitrogens with one attached hydrogen (secondary N) is 2. The Morgan fingerprint density at radius 3 is 2.53 bits per heavy atom. The molecular formula is C20H24N6O3S. The lowest BCUT2D eigenvalue weighted by Crippen LogP contribution is -2.39. The number of nitrogens with zero attached hydrogens (tertiary/aromatic N) is 4. The third-order valence-corrected chi connectivity index (χ3v) is 7.26. The minimum atomic E-state index is -3.65. The van der Waals surface area contributed by atoms with Gasteiger partial charge in [-0.05, 0) is 57.7 Å². The average Bonchev–Trinajstić information content (AvgIpc) is 3.08. The van der Waals surface area contributed by atoms with Gasteiger partial charge in [-0.3, -0.25) is 14.9 Å². The number of aromatic nitrogens is 5. The minimum absolute atomic E-state index is 0.0627. The first-order chi connectivity index (χ1) is 14.3. The van der Waals surface area contributed by atoms with Crippen molar-refractivity contribution in [3.63, 3.8) is 0 Å². The number of aromatic amines is 1. The lowest BCUT2D eigenvalue weighted by atomic mass is 9.92. The molecule has 0 unspecified atom stereocenters. The zero-order valence-corrected chi connectivity index (χ0v) is 17.7. The molecule has 0 radical (unpaired) electrons. The third-order valence-electron chi connectivity index (χ3n) is 5.48. The number of pyridine rings is 1. The lowest BCUT2D eigenvalue weighted by Gasteiger charge is -2.29. The van der Waals surface area contributed by atoms with E-state index < -0.39 is 10.0 Å². The Morgan fingerprint density at radius 1 is 1.13 bits per heavy atom. The summed E-state index contributed by atoms with van der Waals surface area (Å²) in [7, 11) is -3.65. The Kier molecular flexibility index (Phi) is 5.52. The maximum absolute atomic E-state index is 12.8. The van der Waals surface area contributed by atoms with Gasteiger partial charge in [0.25, 0.3) is 5.56 Å². The first kappa shape index (κ1) is 20.4. The van der Waals surface area contributed by atoms with E-state index in [0.717, 1.165) is 5.56 Å². The normalized spacial score (nSPS) is 19.7. The SMILES string of the molecule is Cc1n[nH]c(C)c1S(=O)(=O)NC1CCC(n2nc(-c3cccnc3)ccc2=O)CC1. The molecule has 0 saturated heterocycles. The molecule has 0 amide bonds. The molecule has 9 nitrogen and oxygen atoms in total. The molecule has 0 aromatic carbocycles. The molecule has 1 saturated carbocycles. The standard InChI is InChI=1S/C20H24N6O3S/c1-13-20(14(2)23-22-13)30(28,29)25-16-5-7-17(8-6-16)26-19(27)10-9-18(24-26)15-4-3-11-21-12-15/h3-4,9-12,16-17,25H,5-8H2,1-2H3,(H,22,23). The van der Waals surface area contributed by atoms with Gasteiger partial charge in [-0.15, -0.1) is 0 Å². The van der Waals surface area contributed by atoms with Crippen LogP contribution in [0.25, 0.3) is 11.3 Å². The second-order valence-corrected chi connectivity index (χ2v) is 9.28. The monoisotopic (exact) mass is 428 g/mol. The molecule has 0 aliphatic heterocycles. The predicted octanol–water partition coefficient (Wildman–Crippen LogP) is 2.11. The molecule has 2 N–H and O–H groups in total. The molecule has 10 heteroatoms. The molecule has 3 aromatic heterocycles. The maximum Gasteiger partial charge on any atom is 0.267 e. The molecule has 1 aliphatic rings. The van der Waals surface area contributed by atoms with Crippen molar-refractivity contribution >= 4 is 10.0 Å². The second kappa shape index (κ2) is 8.11. The summed E-state index contributed by atoms with van der Waals surface area (Å²) >= 11 is 0. The van der Waals surface area contributed by atoms with Gasteiger partial charge < -0.3 is 0 Å². The van der Waals surface area contributed by atoms with Crippen LogP contribution in [-0.2, 0) is 10.0 Å². The minimum Gasteiger partial charge on any atom is -0.281 e. The molecular weight excluding hydrogens is 404 g/mol. The Morgan fingerprint density at radius 2 is 1.90 bits per heavy atom. The zero-order valence-electron chi connectivity index (χ0n) is 16.9. The fourth-order valence-corrected chi connectivity index (χ4v) is 5.68. The highest BCUT2D eigenvalue weighted by Gasteiger charge is 2.30. The summed E-state index contributed by atoms with van der Waals surface area (Å²) in [6.45, 7) is 3.36. The van der Waals surface area contributed by atoms with Gasteiger partial charge in [0.15, 0.2) is 0 Å². The van der Waals surface area contributed by atoms with Gasteiger partial charge in [0.05, 0.1) is 23.1 Å². The van der Waals surface area contributed by atoms with Crippen LogP contribution in [0.2, 0.25) is 0 Å². The van der Waals surface area contributed by atoms with Crippen LogP contribution in [0.15, 0.2) is 46.3 Å². The molecule has 0 bridgehead atoms. The quantitative estimate of drug-likeness (QED) is 0.642. The molecule has 158 valence electrons. The summed E-state index contributed by atoms with van der Waals surface area (Å²) in [4.78, 5) is 16.7. The largest absolute Gasteiger partial charge is 0.281 e. The summed E-state index contributed by atoms with van der Waals surface area (Å²) in [6, 6.07) is 6.70. The van der Waals surface area contributed by atoms with Gasteiger partial charge in [-0.2, -0.15) is 10.2 Å². The fourth-order valence-electron chi connectivity index (χ4n) is 4.01. The topological polar surface area (TPSA) is 123 Å². The van der Waals surface area contributed by atoms with Crippen LogP contribution in [-0.4, -0.2) is 39.4 Å². The van der Waals surface area contributed by atoms with E-state index in [1.54, 1.807) is 32.3 Å². The molecule has 3 aromatic rings. The molecule has 0 spiro atoms. The van der Waals surface area contributed by atoms with Gasteiger partial charge in [-0.25, -0.2) is 17.8 Å². The molecule has 1 fully saturated rings. The Labute approximate surface area is 174 Å². The van der Waals surface area contributed by atoms with E-state index in [-0.39, 0.29) is 22.5 Å². The van der Waals surface area contributed by atoms with Crippen molar-refractivity contribution in [2.24, 2.45) is 0 Å². The lowest BCUT2D eigenvalue weighted by molar-refractivity contribution is 0.286. The Hall–Kier alpha value is -2.85. The van der Waals surface area contributed by atoms with Crippen molar-refractivity contribution < 1.29 is 8.42 Å². The second-order valence-electron chi connectivity index (χ2n) is 7.63. The number of sulfonamides is 1. The molecule has 4 rings (SSSR count). The van der Waals surface area contributed by atoms with Crippen LogP contribution in [0.3, 0.4) is 0 Å². The Balaban J connectivity index is 1.47. The van der Waals surface area contributed by atoms with Crippen LogP contribution < -0.4 is 10.3 Å². The summed E-state index contributed by atoms with van der Waals surface area (Å²) in [5.74, 6) is 0. The number of hydrogen-bond donors (Lipinski definition) is 2. The number of rotatable bonds is 5. The predicted molar refractivity (Wildman–Crippen MR) is 111 cm³/mol. The number of hydrogen-bond acceptors (Lipinski definition) is 6. The van der Waals surface area contributed by atoms with E-state index in [1.165, 1.54) is 10.7 Å². The van der Waals surface area contributed by atoms with Gasteiger partial charge in [0, 0.05) is 30.1 Å². The van der Waals surface area contributed by atoms with Crippen molar-refractivity contribution in [2.75, 3.05) is 0 Å². The van der Waals surface area contributed by atoms with Gasteiger partial charge in [0.2, 0.25) is 10.0 Å². The van der Waals surface area contributed by atoms with Crippen LogP contribution in [0, 0.1) is 13.8 Å². The fraction of sp³-hybridized carbons (Fsp3) is 0.400. The highest BCUT2D eigenvalue weighted by Crippen LogP contribution is 2.29. The van der Waals surface area contributed by atoms with Gasteiger partial charge in [0.1, 0.15) is 4.90 Å². The Bertz CT molecular complexity index is 1180. The highest BCUT2D eigenvalue weighted by atomic mass is 32.2. The zero-order chi connectivity index (χ0) is 21.3. The van der Waals surface area contributed by atoms with Crippen LogP contribution in [0.4, 0.5) is 0 Å². The van der Waals surface area contributed by atoms with Crippen molar-refractivity contribution in [1.82, 2.24) is 29.7 Å². The summed E-state index contributed by atoms with van der Waals surface area (Å²) in [5, 5.41) is 11.2. The van der Waals surface area contributed by atoms with Crippen LogP contribution >= 0.6 is 0 Å². The molecule has 1 aliphatic carbocycles. The summed E-state index contributed by atoms with van der Waals surface area (Å²) in [6.07, 6.45) is 5.99. The molecule has 0 atom stereocenters. The van der Waals surface area contributed by atoms with Crippen LogP contribution in [0.1, 0.15) is 43.1 Å². The summed E-state index contributed by atoms with van der Waals surface area (Å²) < 4.78 is 29.9. The third kappa shape index (κ3) is 4.05. The van der Waals surface area contributed by atoms with Crippen molar-refractivity contribution in [1.29, 1.82) is 0 Å². The molecule has 3 heterocycles. The highest BCUT2D eigenvalue weighted by molar-refractivity contribution is 7.89. The maximum atomic E-state index is 12.8. The molecule has 30 heavy (non-hydrogen) atoms. The first-order valence-corrected chi connectivity index (χ1v) is 11.4. The smallest absolute Gasteiger partial charge is 0.267 e. The van der Waals surface area contributed by atoms with E-state index in [9.17, 15) is 13.2 Å². The van der Waals surface area contributed by atoms with E-state index >= 15 is 0 Å². The van der Waals surface area contributed by atoms with Crippen LogP contribution in [0.5, 0.6) is 0 Å². The van der Waals surface area contributed by atoms with Crippen molar-refractivity contribution in [3.05, 3.63) is 58.4 Å². The van der Waals surface area contributed by atoms with E-state index in [0.29, 0.717) is 42.8 Å². The first-order valence-electron chi connectivity index (χ1n) is 9.89. The van der Waals surface area contributed by atoms with E-state index in [1.807, 2.05) is 12.1 Å². The summed E-state index contributed by atoms with van der Waals surface area (Å²) in [5.41, 5.74) is 2.36. The average molecular weight is 429 g/mol. The van der Waals surface area contributed by atoms with Gasteiger partial charge >= 0.3 is 0 Å². The van der Waals surface area contributed by atoms with E-state index in [4.69, 9.17) is 0 Å². The van der Waals surface area contributed by atoms with Gasteiger partial charge in [-0.1, -0.05) is 0 Å². The van der Waals surface area contributed by atoms with Crippen molar-refractivity contribution in [2.45, 2.75) is 56.5 Å².